The molecule has 1 aromatic rings. The first-order valence-electron chi connectivity index (χ1n) is 5.26. The highest BCUT2D eigenvalue weighted by Crippen LogP contribution is 2.25. The average molecular weight is 287 g/mol. The van der Waals surface area contributed by atoms with Crippen molar-refractivity contribution >= 4 is 21.6 Å². The number of nitrogens with one attached hydrogen (secondary N) is 1. The molecule has 0 aromatic heterocycles. The third-order valence-electron chi connectivity index (χ3n) is 2.38. The van der Waals surface area contributed by atoms with Crippen LogP contribution < -0.4 is 5.32 Å². The lowest BCUT2D eigenvalue weighted by atomic mass is 10.2. The van der Waals surface area contributed by atoms with Gasteiger partial charge in [0.05, 0.1) is 11.6 Å². The number of hydrogen-bond acceptors (Lipinski definition) is 3. The molecule has 0 heterocycles. The molecule has 0 radical (unpaired) electrons. The van der Waals surface area contributed by atoms with Crippen LogP contribution in [-0.4, -0.2) is 33.4 Å². The van der Waals surface area contributed by atoms with Gasteiger partial charge in [0.2, 0.25) is 10.0 Å². The van der Waals surface area contributed by atoms with Gasteiger partial charge in [-0.1, -0.05) is 23.6 Å². The summed E-state index contributed by atoms with van der Waals surface area (Å²) in [4.78, 5) is 0.0784. The molecule has 0 aliphatic carbocycles. The second-order valence-electron chi connectivity index (χ2n) is 3.76. The monoisotopic (exact) mass is 286 g/mol. The molecule has 0 fully saturated rings. The molecule has 0 amide bonds. The van der Waals surface area contributed by atoms with Gasteiger partial charge in [-0.15, -0.1) is 6.42 Å². The van der Waals surface area contributed by atoms with Crippen molar-refractivity contribution in [1.29, 1.82) is 0 Å². The van der Waals surface area contributed by atoms with Crippen LogP contribution in [0.5, 0.6) is 0 Å². The number of halogens is 1. The van der Waals surface area contributed by atoms with Crippen molar-refractivity contribution in [2.75, 3.05) is 20.6 Å². The zero-order valence-corrected chi connectivity index (χ0v) is 11.8. The molecule has 0 spiro atoms. The Morgan fingerprint density at radius 3 is 2.72 bits per heavy atom. The Kier molecular flexibility index (Phi) is 5.17. The zero-order chi connectivity index (χ0) is 13.8. The van der Waals surface area contributed by atoms with Crippen LogP contribution in [0.2, 0.25) is 5.02 Å². The van der Waals surface area contributed by atoms with E-state index in [-0.39, 0.29) is 16.5 Å². The van der Waals surface area contributed by atoms with Crippen LogP contribution in [0.4, 0.5) is 0 Å². The van der Waals surface area contributed by atoms with Crippen molar-refractivity contribution in [2.24, 2.45) is 0 Å². The van der Waals surface area contributed by atoms with E-state index in [0.717, 1.165) is 9.87 Å². The summed E-state index contributed by atoms with van der Waals surface area (Å²) in [5.74, 6) is 2.29. The number of benzene rings is 1. The van der Waals surface area contributed by atoms with Gasteiger partial charge >= 0.3 is 0 Å². The van der Waals surface area contributed by atoms with E-state index in [2.05, 4.69) is 11.2 Å². The molecule has 0 aliphatic heterocycles. The first kappa shape index (κ1) is 15.0. The van der Waals surface area contributed by atoms with E-state index >= 15 is 0 Å². The third-order valence-corrected chi connectivity index (χ3v) is 4.66. The second-order valence-corrected chi connectivity index (χ2v) is 6.18. The number of hydrogen-bond donors (Lipinski definition) is 1. The van der Waals surface area contributed by atoms with Crippen molar-refractivity contribution in [1.82, 2.24) is 9.62 Å². The standard InChI is InChI=1S/C12H15ClN2O2S/c1-4-7-15(3)18(16,17)12-8-10(9-14-2)5-6-11(12)13/h1,5-6,8,14H,7,9H2,2-3H3. The van der Waals surface area contributed by atoms with Crippen molar-refractivity contribution < 1.29 is 8.42 Å². The Labute approximate surface area is 113 Å². The van der Waals surface area contributed by atoms with E-state index in [4.69, 9.17) is 18.0 Å². The average Bonchev–Trinajstić information content (AvgIpc) is 2.32. The molecule has 0 saturated heterocycles. The van der Waals surface area contributed by atoms with Crippen LogP contribution >= 0.6 is 11.6 Å². The van der Waals surface area contributed by atoms with Gasteiger partial charge < -0.3 is 5.32 Å². The smallest absolute Gasteiger partial charge is 0.245 e. The van der Waals surface area contributed by atoms with Gasteiger partial charge in [0, 0.05) is 13.6 Å². The summed E-state index contributed by atoms with van der Waals surface area (Å²) in [7, 11) is -0.430. The molecule has 1 rings (SSSR count). The Balaban J connectivity index is 3.23. The maximum Gasteiger partial charge on any atom is 0.245 e. The predicted octanol–water partition coefficient (Wildman–Crippen LogP) is 1.31. The molecule has 0 unspecified atom stereocenters. The molecule has 0 bridgehead atoms. The predicted molar refractivity (Wildman–Crippen MR) is 72.9 cm³/mol. The highest BCUT2D eigenvalue weighted by molar-refractivity contribution is 7.89. The van der Waals surface area contributed by atoms with Crippen LogP contribution in [0.25, 0.3) is 0 Å². The Hall–Kier alpha value is -1.06. The molecule has 4 nitrogen and oxygen atoms in total. The summed E-state index contributed by atoms with van der Waals surface area (Å²) < 4.78 is 25.5. The summed E-state index contributed by atoms with van der Waals surface area (Å²) in [6.07, 6.45) is 5.12. The lowest BCUT2D eigenvalue weighted by Crippen LogP contribution is -2.27. The van der Waals surface area contributed by atoms with E-state index in [1.54, 1.807) is 25.2 Å². The summed E-state index contributed by atoms with van der Waals surface area (Å²) in [5.41, 5.74) is 0.842. The van der Waals surface area contributed by atoms with Gasteiger partial charge in [-0.25, -0.2) is 8.42 Å². The van der Waals surface area contributed by atoms with Crippen molar-refractivity contribution in [2.45, 2.75) is 11.4 Å². The molecule has 18 heavy (non-hydrogen) atoms. The summed E-state index contributed by atoms with van der Waals surface area (Å²) >= 11 is 5.95. The number of terminal acetylenes is 1. The largest absolute Gasteiger partial charge is 0.316 e. The summed E-state index contributed by atoms with van der Waals surface area (Å²) in [5, 5.41) is 3.15. The Morgan fingerprint density at radius 2 is 2.17 bits per heavy atom. The summed E-state index contributed by atoms with van der Waals surface area (Å²) in [6.45, 7) is 0.577. The van der Waals surface area contributed by atoms with Crippen LogP contribution in [0, 0.1) is 12.3 Å². The van der Waals surface area contributed by atoms with Gasteiger partial charge in [0.15, 0.2) is 0 Å². The molecule has 6 heteroatoms. The number of rotatable bonds is 5. The molecule has 1 aromatic carbocycles. The molecule has 0 saturated carbocycles. The van der Waals surface area contributed by atoms with Gasteiger partial charge in [-0.3, -0.25) is 0 Å². The Morgan fingerprint density at radius 1 is 1.50 bits per heavy atom. The zero-order valence-electron chi connectivity index (χ0n) is 10.3. The molecule has 0 aliphatic rings. The fraction of sp³-hybridized carbons (Fsp3) is 0.333. The van der Waals surface area contributed by atoms with Gasteiger partial charge in [-0.2, -0.15) is 4.31 Å². The molecular weight excluding hydrogens is 272 g/mol. The summed E-state index contributed by atoms with van der Waals surface area (Å²) in [6, 6.07) is 4.91. The topological polar surface area (TPSA) is 49.4 Å². The van der Waals surface area contributed by atoms with E-state index in [1.165, 1.54) is 7.05 Å². The maximum atomic E-state index is 12.2. The lowest BCUT2D eigenvalue weighted by molar-refractivity contribution is 0.503. The fourth-order valence-corrected chi connectivity index (χ4v) is 3.05. The lowest BCUT2D eigenvalue weighted by Gasteiger charge is -2.16. The molecular formula is C12H15ClN2O2S. The quantitative estimate of drug-likeness (QED) is 0.831. The minimum atomic E-state index is -3.64. The van der Waals surface area contributed by atoms with E-state index < -0.39 is 10.0 Å². The van der Waals surface area contributed by atoms with E-state index in [1.807, 2.05) is 0 Å². The number of nitrogens with zero attached hydrogens (tertiary/aromatic N) is 1. The highest BCUT2D eigenvalue weighted by atomic mass is 35.5. The first-order valence-corrected chi connectivity index (χ1v) is 7.08. The first-order chi connectivity index (χ1) is 8.43. The highest BCUT2D eigenvalue weighted by Gasteiger charge is 2.23. The van der Waals surface area contributed by atoms with Gasteiger partial charge in [-0.05, 0) is 24.7 Å². The van der Waals surface area contributed by atoms with E-state index in [0.29, 0.717) is 6.54 Å². The van der Waals surface area contributed by atoms with E-state index in [9.17, 15) is 8.42 Å². The van der Waals surface area contributed by atoms with Crippen LogP contribution in [0.3, 0.4) is 0 Å². The number of sulfonamides is 1. The van der Waals surface area contributed by atoms with Gasteiger partial charge in [0.25, 0.3) is 0 Å². The SMILES string of the molecule is C#CCN(C)S(=O)(=O)c1cc(CNC)ccc1Cl. The van der Waals surface area contributed by atoms with Crippen molar-refractivity contribution in [3.05, 3.63) is 28.8 Å². The minimum absolute atomic E-state index is 0.00885. The maximum absolute atomic E-state index is 12.2. The van der Waals surface area contributed by atoms with Crippen LogP contribution in [0.15, 0.2) is 23.1 Å². The minimum Gasteiger partial charge on any atom is -0.316 e. The van der Waals surface area contributed by atoms with Crippen molar-refractivity contribution in [3.8, 4) is 12.3 Å². The van der Waals surface area contributed by atoms with Crippen LogP contribution in [-0.2, 0) is 16.6 Å². The molecule has 0 atom stereocenters. The van der Waals surface area contributed by atoms with Crippen LogP contribution in [0.1, 0.15) is 5.56 Å². The normalized spacial score (nSPS) is 11.5. The molecule has 1 N–H and O–H groups in total. The fourth-order valence-electron chi connectivity index (χ4n) is 1.44. The van der Waals surface area contributed by atoms with Crippen molar-refractivity contribution in [3.63, 3.8) is 0 Å². The van der Waals surface area contributed by atoms with Gasteiger partial charge in [0.1, 0.15) is 4.90 Å². The third kappa shape index (κ3) is 3.24. The molecule has 98 valence electrons. The Bertz CT molecular complexity index is 564. The second kappa shape index (κ2) is 6.21.